The molecule has 0 spiro atoms. The van der Waals surface area contributed by atoms with E-state index in [1.165, 1.54) is 21.9 Å². The van der Waals surface area contributed by atoms with Gasteiger partial charge in [0.1, 0.15) is 11.3 Å². The van der Waals surface area contributed by atoms with Crippen LogP contribution in [0.4, 0.5) is 0 Å². The Morgan fingerprint density at radius 3 is 2.94 bits per heavy atom. The van der Waals surface area contributed by atoms with Crippen molar-refractivity contribution in [1.29, 1.82) is 0 Å². The van der Waals surface area contributed by atoms with E-state index in [1.807, 2.05) is 42.0 Å². The number of amides is 1. The maximum atomic E-state index is 13.4. The summed E-state index contributed by atoms with van der Waals surface area (Å²) in [6.07, 6.45) is 9.10. The summed E-state index contributed by atoms with van der Waals surface area (Å²) in [4.78, 5) is 36.9. The zero-order valence-corrected chi connectivity index (χ0v) is 18.0. The quantitative estimate of drug-likeness (QED) is 0.402. The fraction of sp³-hybridized carbons (Fsp3) is 0.273. The molecule has 0 saturated carbocycles. The summed E-state index contributed by atoms with van der Waals surface area (Å²) in [7, 11) is 0. The average molecular weight is 438 g/mol. The van der Waals surface area contributed by atoms with Crippen molar-refractivity contribution in [2.75, 3.05) is 13.2 Å². The monoisotopic (exact) mass is 437 g/mol. The predicted octanol–water partition coefficient (Wildman–Crippen LogP) is 3.08. The highest BCUT2D eigenvalue weighted by Gasteiger charge is 2.22. The molecule has 3 aromatic heterocycles. The fourth-order valence-corrected chi connectivity index (χ4v) is 4.07. The topological polar surface area (TPSA) is 81.7 Å². The third-order valence-corrected chi connectivity index (χ3v) is 5.67. The fourth-order valence-electron chi connectivity index (χ4n) is 3.39. The van der Waals surface area contributed by atoms with Crippen molar-refractivity contribution < 1.29 is 9.53 Å². The molecule has 9 heteroatoms. The van der Waals surface area contributed by atoms with Crippen LogP contribution in [-0.4, -0.2) is 42.9 Å². The van der Waals surface area contributed by atoms with Gasteiger partial charge >= 0.3 is 0 Å². The van der Waals surface area contributed by atoms with Crippen molar-refractivity contribution in [1.82, 2.24) is 23.8 Å². The van der Waals surface area contributed by atoms with Crippen LogP contribution >= 0.6 is 11.3 Å². The van der Waals surface area contributed by atoms with Gasteiger partial charge in [-0.15, -0.1) is 11.3 Å². The number of rotatable bonds is 9. The number of aryl methyl sites for hydroxylation is 1. The number of thiazole rings is 1. The molecule has 4 rings (SSSR count). The highest BCUT2D eigenvalue weighted by Crippen LogP contribution is 2.21. The van der Waals surface area contributed by atoms with Crippen molar-refractivity contribution in [2.45, 2.75) is 26.4 Å². The van der Waals surface area contributed by atoms with E-state index in [-0.39, 0.29) is 17.0 Å². The lowest BCUT2D eigenvalue weighted by molar-refractivity contribution is 0.0735. The molecule has 160 valence electrons. The van der Waals surface area contributed by atoms with Gasteiger partial charge in [-0.05, 0) is 19.4 Å². The zero-order valence-electron chi connectivity index (χ0n) is 17.2. The van der Waals surface area contributed by atoms with Crippen LogP contribution in [0.3, 0.4) is 0 Å². The summed E-state index contributed by atoms with van der Waals surface area (Å²) in [6.45, 7) is 3.99. The smallest absolute Gasteiger partial charge is 0.271 e. The lowest BCUT2D eigenvalue weighted by Gasteiger charge is -2.24. The summed E-state index contributed by atoms with van der Waals surface area (Å²) in [6, 6.07) is 7.65. The maximum absolute atomic E-state index is 13.4. The van der Waals surface area contributed by atoms with Crippen LogP contribution < -0.4 is 10.3 Å². The first-order valence-corrected chi connectivity index (χ1v) is 11.0. The largest absolute Gasteiger partial charge is 0.494 e. The minimum absolute atomic E-state index is 0.0624. The Bertz CT molecular complexity index is 1220. The average Bonchev–Trinajstić information content (AvgIpc) is 3.47. The Kier molecular flexibility index (Phi) is 6.42. The molecular formula is C22H23N5O3S. The van der Waals surface area contributed by atoms with Gasteiger partial charge in [-0.3, -0.25) is 14.0 Å². The number of hydrogen-bond acceptors (Lipinski definition) is 6. The van der Waals surface area contributed by atoms with Crippen LogP contribution in [0.15, 0.2) is 65.6 Å². The Morgan fingerprint density at radius 1 is 1.26 bits per heavy atom. The van der Waals surface area contributed by atoms with Crippen LogP contribution in [0.25, 0.3) is 4.96 Å². The van der Waals surface area contributed by atoms with Gasteiger partial charge in [-0.1, -0.05) is 18.2 Å². The van der Waals surface area contributed by atoms with Crippen LogP contribution in [0.2, 0.25) is 0 Å². The van der Waals surface area contributed by atoms with Crippen LogP contribution in [0.5, 0.6) is 5.75 Å². The van der Waals surface area contributed by atoms with Crippen molar-refractivity contribution >= 4 is 22.2 Å². The summed E-state index contributed by atoms with van der Waals surface area (Å²) < 4.78 is 9.11. The maximum Gasteiger partial charge on any atom is 0.271 e. The second kappa shape index (κ2) is 9.57. The number of carbonyl (C=O) groups excluding carboxylic acids is 1. The lowest BCUT2D eigenvalue weighted by atomic mass is 10.1. The van der Waals surface area contributed by atoms with Crippen molar-refractivity contribution in [3.8, 4) is 5.75 Å². The number of hydrogen-bond donors (Lipinski definition) is 0. The Balaban J connectivity index is 1.61. The number of ether oxygens (including phenoxy) is 1. The molecule has 1 amide bonds. The van der Waals surface area contributed by atoms with Gasteiger partial charge in [-0.2, -0.15) is 0 Å². The summed E-state index contributed by atoms with van der Waals surface area (Å²) in [5, 5.41) is 1.78. The van der Waals surface area contributed by atoms with E-state index in [0.29, 0.717) is 31.1 Å². The number of nitrogens with zero attached hydrogens (tertiary/aromatic N) is 5. The molecule has 31 heavy (non-hydrogen) atoms. The summed E-state index contributed by atoms with van der Waals surface area (Å²) in [5.74, 6) is 0.399. The molecule has 8 nitrogen and oxygen atoms in total. The first-order chi connectivity index (χ1) is 15.2. The van der Waals surface area contributed by atoms with Gasteiger partial charge < -0.3 is 14.2 Å². The molecule has 0 unspecified atom stereocenters. The van der Waals surface area contributed by atoms with Crippen LogP contribution in [0, 0.1) is 0 Å². The summed E-state index contributed by atoms with van der Waals surface area (Å²) >= 11 is 1.35. The van der Waals surface area contributed by atoms with E-state index in [1.54, 1.807) is 29.0 Å². The first-order valence-electron chi connectivity index (χ1n) is 10.1. The molecule has 0 radical (unpaired) electrons. The van der Waals surface area contributed by atoms with Gasteiger partial charge in [0.25, 0.3) is 11.5 Å². The standard InChI is InChI=1S/C22H23N5O3S/c1-2-30-19-7-4-3-6-17(19)15-26(10-5-9-25-11-8-23-16-25)20(28)18-14-24-22-27(21(18)29)12-13-31-22/h3-4,6-8,11-14,16H,2,5,9-10,15H2,1H3. The van der Waals surface area contributed by atoms with Crippen LogP contribution in [0.1, 0.15) is 29.3 Å². The second-order valence-corrected chi connectivity index (χ2v) is 7.83. The van der Waals surface area contributed by atoms with Gasteiger partial charge in [0, 0.05) is 55.4 Å². The second-order valence-electron chi connectivity index (χ2n) is 6.95. The van der Waals surface area contributed by atoms with E-state index < -0.39 is 0 Å². The Hall–Kier alpha value is -3.46. The third kappa shape index (κ3) is 4.66. The number of benzene rings is 1. The molecule has 0 aliphatic carbocycles. The van der Waals surface area contributed by atoms with E-state index in [0.717, 1.165) is 17.9 Å². The molecule has 0 fully saturated rings. The number of carbonyl (C=O) groups is 1. The van der Waals surface area contributed by atoms with E-state index in [2.05, 4.69) is 9.97 Å². The minimum Gasteiger partial charge on any atom is -0.494 e. The van der Waals surface area contributed by atoms with Crippen molar-refractivity contribution in [3.63, 3.8) is 0 Å². The molecule has 4 aromatic rings. The normalized spacial score (nSPS) is 11.0. The van der Waals surface area contributed by atoms with E-state index in [4.69, 9.17) is 4.74 Å². The molecule has 0 aliphatic heterocycles. The number of fused-ring (bicyclic) bond motifs is 1. The predicted molar refractivity (Wildman–Crippen MR) is 119 cm³/mol. The minimum atomic E-state index is -0.353. The van der Waals surface area contributed by atoms with E-state index >= 15 is 0 Å². The summed E-state index contributed by atoms with van der Waals surface area (Å²) in [5.41, 5.74) is 0.603. The molecule has 3 heterocycles. The van der Waals surface area contributed by atoms with Gasteiger partial charge in [-0.25, -0.2) is 9.97 Å². The van der Waals surface area contributed by atoms with Crippen molar-refractivity contribution in [2.24, 2.45) is 0 Å². The molecule has 0 saturated heterocycles. The number of imidazole rings is 1. The Morgan fingerprint density at radius 2 is 2.13 bits per heavy atom. The SMILES string of the molecule is CCOc1ccccc1CN(CCCn1ccnc1)C(=O)c1cnc2sccn2c1=O. The number of aromatic nitrogens is 4. The first kappa shape index (κ1) is 20.8. The van der Waals surface area contributed by atoms with Gasteiger partial charge in [0.15, 0.2) is 4.96 Å². The van der Waals surface area contributed by atoms with Gasteiger partial charge in [0.2, 0.25) is 0 Å². The molecule has 0 aliphatic rings. The molecular weight excluding hydrogens is 414 g/mol. The molecule has 0 bridgehead atoms. The Labute approximate surface area is 183 Å². The highest BCUT2D eigenvalue weighted by molar-refractivity contribution is 7.15. The highest BCUT2D eigenvalue weighted by atomic mass is 32.1. The van der Waals surface area contributed by atoms with Crippen molar-refractivity contribution in [3.05, 3.63) is 82.2 Å². The van der Waals surface area contributed by atoms with E-state index in [9.17, 15) is 9.59 Å². The third-order valence-electron chi connectivity index (χ3n) is 4.90. The van der Waals surface area contributed by atoms with Gasteiger partial charge in [0.05, 0.1) is 12.9 Å². The number of para-hydroxylation sites is 1. The molecule has 0 atom stereocenters. The lowest BCUT2D eigenvalue weighted by Crippen LogP contribution is -2.36. The zero-order chi connectivity index (χ0) is 21.6. The molecule has 0 N–H and O–H groups in total. The molecule has 1 aromatic carbocycles. The van der Waals surface area contributed by atoms with Crippen LogP contribution in [-0.2, 0) is 13.1 Å².